The minimum atomic E-state index is 0.170. The van der Waals surface area contributed by atoms with Crippen molar-refractivity contribution in [2.75, 3.05) is 19.1 Å². The molecule has 0 spiro atoms. The topological polar surface area (TPSA) is 21.7 Å². The zero-order valence-electron chi connectivity index (χ0n) is 17.4. The summed E-state index contributed by atoms with van der Waals surface area (Å²) in [4.78, 5) is 2.24. The molecule has 0 bridgehead atoms. The molecule has 0 fully saturated rings. The van der Waals surface area contributed by atoms with Crippen LogP contribution >= 0.6 is 0 Å². The molecule has 0 saturated heterocycles. The molecule has 3 nitrogen and oxygen atoms in total. The molecule has 0 aromatic heterocycles. The molecule has 0 aliphatic carbocycles. The molecule has 0 unspecified atom stereocenters. The number of methoxy groups -OCH3 is 2. The van der Waals surface area contributed by atoms with Crippen LogP contribution in [-0.2, 0) is 5.41 Å². The maximum Gasteiger partial charge on any atom is 0.119 e. The molecule has 0 saturated carbocycles. The first kappa shape index (κ1) is 19.8. The highest BCUT2D eigenvalue weighted by atomic mass is 16.5. The normalized spacial score (nSPS) is 11.2. The Balaban J connectivity index is 2.04. The Bertz CT molecular complexity index is 834. The van der Waals surface area contributed by atoms with E-state index < -0.39 is 0 Å². The highest BCUT2D eigenvalue weighted by Gasteiger charge is 2.19. The van der Waals surface area contributed by atoms with Crippen molar-refractivity contribution in [3.8, 4) is 11.5 Å². The van der Waals surface area contributed by atoms with E-state index in [1.165, 1.54) is 5.56 Å². The average Bonchev–Trinajstić information content (AvgIpc) is 2.75. The summed E-state index contributed by atoms with van der Waals surface area (Å²) in [6.07, 6.45) is 1.10. The van der Waals surface area contributed by atoms with Gasteiger partial charge in [-0.3, -0.25) is 0 Å². The third kappa shape index (κ3) is 4.14. The summed E-state index contributed by atoms with van der Waals surface area (Å²) in [5.41, 5.74) is 4.79. The van der Waals surface area contributed by atoms with E-state index in [-0.39, 0.29) is 5.41 Å². The van der Waals surface area contributed by atoms with Gasteiger partial charge in [0.05, 0.1) is 14.2 Å². The molecular weight excluding hydrogens is 346 g/mol. The zero-order valence-corrected chi connectivity index (χ0v) is 17.4. The Morgan fingerprint density at radius 2 is 1.00 bits per heavy atom. The van der Waals surface area contributed by atoms with E-state index in [4.69, 9.17) is 9.47 Å². The van der Waals surface area contributed by atoms with E-state index in [1.807, 2.05) is 24.3 Å². The number of anilines is 3. The van der Waals surface area contributed by atoms with Gasteiger partial charge in [-0.1, -0.05) is 32.9 Å². The van der Waals surface area contributed by atoms with Gasteiger partial charge in [0.1, 0.15) is 11.5 Å². The van der Waals surface area contributed by atoms with Crippen molar-refractivity contribution in [1.82, 2.24) is 0 Å². The van der Waals surface area contributed by atoms with Crippen LogP contribution in [0, 0.1) is 0 Å². The number of ether oxygens (including phenoxy) is 2. The second-order valence-corrected chi connectivity index (χ2v) is 7.52. The second kappa shape index (κ2) is 8.39. The second-order valence-electron chi connectivity index (χ2n) is 7.52. The lowest BCUT2D eigenvalue weighted by molar-refractivity contribution is 0.415. The molecule has 0 heterocycles. The first-order chi connectivity index (χ1) is 13.5. The molecular formula is C25H29NO2. The van der Waals surface area contributed by atoms with Crippen LogP contribution in [-0.4, -0.2) is 14.2 Å². The molecule has 0 aliphatic heterocycles. The average molecular weight is 376 g/mol. The Kier molecular flexibility index (Phi) is 5.93. The molecule has 146 valence electrons. The van der Waals surface area contributed by atoms with Gasteiger partial charge in [-0.05, 0) is 78.1 Å². The molecule has 0 N–H and O–H groups in total. The molecule has 0 amide bonds. The van der Waals surface area contributed by atoms with Crippen LogP contribution in [0.2, 0.25) is 0 Å². The molecule has 0 radical (unpaired) electrons. The Morgan fingerprint density at radius 1 is 0.643 bits per heavy atom. The predicted molar refractivity (Wildman–Crippen MR) is 118 cm³/mol. The van der Waals surface area contributed by atoms with Crippen LogP contribution in [0.3, 0.4) is 0 Å². The third-order valence-electron chi connectivity index (χ3n) is 5.45. The van der Waals surface area contributed by atoms with Gasteiger partial charge in [0.25, 0.3) is 0 Å². The number of hydrogen-bond acceptors (Lipinski definition) is 3. The summed E-state index contributed by atoms with van der Waals surface area (Å²) in [5.74, 6) is 1.69. The highest BCUT2D eigenvalue weighted by molar-refractivity contribution is 5.77. The molecule has 3 rings (SSSR count). The fourth-order valence-electron chi connectivity index (χ4n) is 3.18. The van der Waals surface area contributed by atoms with Crippen molar-refractivity contribution in [2.45, 2.75) is 32.6 Å². The van der Waals surface area contributed by atoms with Crippen molar-refractivity contribution in [3.63, 3.8) is 0 Å². The molecule has 3 aromatic carbocycles. The lowest BCUT2D eigenvalue weighted by Gasteiger charge is -2.28. The summed E-state index contributed by atoms with van der Waals surface area (Å²) in [5, 5.41) is 0. The van der Waals surface area contributed by atoms with E-state index in [2.05, 4.69) is 74.2 Å². The van der Waals surface area contributed by atoms with E-state index in [0.717, 1.165) is 35.0 Å². The minimum Gasteiger partial charge on any atom is -0.497 e. The van der Waals surface area contributed by atoms with Crippen molar-refractivity contribution < 1.29 is 9.47 Å². The first-order valence-corrected chi connectivity index (χ1v) is 9.67. The van der Waals surface area contributed by atoms with Crippen molar-refractivity contribution >= 4 is 17.1 Å². The van der Waals surface area contributed by atoms with Crippen LogP contribution in [0.5, 0.6) is 11.5 Å². The first-order valence-electron chi connectivity index (χ1n) is 9.67. The van der Waals surface area contributed by atoms with Gasteiger partial charge >= 0.3 is 0 Å². The molecule has 0 atom stereocenters. The van der Waals surface area contributed by atoms with E-state index in [1.54, 1.807) is 14.2 Å². The fraction of sp³-hybridized carbons (Fsp3) is 0.280. The van der Waals surface area contributed by atoms with Crippen LogP contribution in [0.25, 0.3) is 0 Å². The summed E-state index contributed by atoms with van der Waals surface area (Å²) >= 11 is 0. The summed E-state index contributed by atoms with van der Waals surface area (Å²) in [7, 11) is 3.37. The van der Waals surface area contributed by atoms with Crippen molar-refractivity contribution in [2.24, 2.45) is 0 Å². The maximum atomic E-state index is 5.32. The van der Waals surface area contributed by atoms with Gasteiger partial charge in [0.15, 0.2) is 0 Å². The zero-order chi connectivity index (χ0) is 20.1. The Morgan fingerprint density at radius 3 is 1.32 bits per heavy atom. The van der Waals surface area contributed by atoms with Crippen molar-refractivity contribution in [3.05, 3.63) is 78.4 Å². The fourth-order valence-corrected chi connectivity index (χ4v) is 3.18. The smallest absolute Gasteiger partial charge is 0.119 e. The van der Waals surface area contributed by atoms with Gasteiger partial charge in [0, 0.05) is 17.1 Å². The van der Waals surface area contributed by atoms with E-state index in [9.17, 15) is 0 Å². The summed E-state index contributed by atoms with van der Waals surface area (Å²) in [6, 6.07) is 25.1. The molecule has 28 heavy (non-hydrogen) atoms. The standard InChI is InChI=1S/C25H29NO2/c1-6-25(2,3)19-7-9-20(10-8-19)26(21-11-15-23(27-4)16-12-21)22-13-17-24(28-5)18-14-22/h7-18H,6H2,1-5H3. The number of benzene rings is 3. The number of nitrogens with zero attached hydrogens (tertiary/aromatic N) is 1. The minimum absolute atomic E-state index is 0.170. The number of hydrogen-bond donors (Lipinski definition) is 0. The SMILES string of the molecule is CCC(C)(C)c1ccc(N(c2ccc(OC)cc2)c2ccc(OC)cc2)cc1. The third-order valence-corrected chi connectivity index (χ3v) is 5.45. The van der Waals surface area contributed by atoms with Gasteiger partial charge in [-0.2, -0.15) is 0 Å². The molecule has 0 aliphatic rings. The summed E-state index contributed by atoms with van der Waals surface area (Å²) < 4.78 is 10.6. The van der Waals surface area contributed by atoms with Gasteiger partial charge in [0.2, 0.25) is 0 Å². The largest absolute Gasteiger partial charge is 0.497 e. The van der Waals surface area contributed by atoms with Gasteiger partial charge < -0.3 is 14.4 Å². The Hall–Kier alpha value is -2.94. The number of rotatable bonds is 7. The highest BCUT2D eigenvalue weighted by Crippen LogP contribution is 2.37. The monoisotopic (exact) mass is 375 g/mol. The molecule has 3 heteroatoms. The molecule has 3 aromatic rings. The van der Waals surface area contributed by atoms with Crippen molar-refractivity contribution in [1.29, 1.82) is 0 Å². The lowest BCUT2D eigenvalue weighted by Crippen LogP contribution is -2.16. The Labute approximate surface area is 168 Å². The van der Waals surface area contributed by atoms with E-state index >= 15 is 0 Å². The maximum absolute atomic E-state index is 5.32. The predicted octanol–water partition coefficient (Wildman–Crippen LogP) is 6.86. The van der Waals surface area contributed by atoms with E-state index in [0.29, 0.717) is 0 Å². The van der Waals surface area contributed by atoms with Crippen LogP contribution in [0.15, 0.2) is 72.8 Å². The van der Waals surface area contributed by atoms with Crippen LogP contribution in [0.1, 0.15) is 32.8 Å². The van der Waals surface area contributed by atoms with Gasteiger partial charge in [-0.15, -0.1) is 0 Å². The van der Waals surface area contributed by atoms with Crippen LogP contribution < -0.4 is 14.4 Å². The van der Waals surface area contributed by atoms with Gasteiger partial charge in [-0.25, -0.2) is 0 Å². The quantitative estimate of drug-likeness (QED) is 0.450. The van der Waals surface area contributed by atoms with Crippen LogP contribution in [0.4, 0.5) is 17.1 Å². The summed E-state index contributed by atoms with van der Waals surface area (Å²) in [6.45, 7) is 6.80. The lowest BCUT2D eigenvalue weighted by atomic mass is 9.82.